The van der Waals surface area contributed by atoms with Crippen LogP contribution in [0.1, 0.15) is 11.5 Å². The number of nitrogens with two attached hydrogens (primary N) is 1. The predicted molar refractivity (Wildman–Crippen MR) is 70.1 cm³/mol. The molecule has 0 radical (unpaired) electrons. The maximum Gasteiger partial charge on any atom is 0.223 e. The van der Waals surface area contributed by atoms with Gasteiger partial charge in [-0.2, -0.15) is 9.97 Å². The van der Waals surface area contributed by atoms with Crippen molar-refractivity contribution in [3.8, 4) is 0 Å². The van der Waals surface area contributed by atoms with Crippen LogP contribution < -0.4 is 16.4 Å². The number of aryl methyl sites for hydroxylation is 1. The van der Waals surface area contributed by atoms with E-state index in [1.54, 1.807) is 19.3 Å². The van der Waals surface area contributed by atoms with Crippen LogP contribution in [-0.2, 0) is 6.54 Å². The minimum absolute atomic E-state index is 0.225. The van der Waals surface area contributed by atoms with Gasteiger partial charge < -0.3 is 16.4 Å². The first-order valence-electron chi connectivity index (χ1n) is 5.52. The zero-order chi connectivity index (χ0) is 13.0. The lowest BCUT2D eigenvalue weighted by molar-refractivity contribution is 0.948. The first kappa shape index (κ1) is 12.0. The third kappa shape index (κ3) is 3.03. The molecule has 0 aliphatic heterocycles. The van der Waals surface area contributed by atoms with E-state index < -0.39 is 0 Å². The van der Waals surface area contributed by atoms with E-state index in [1.165, 1.54) is 0 Å². The molecule has 0 aliphatic rings. The molecule has 2 rings (SSSR count). The summed E-state index contributed by atoms with van der Waals surface area (Å²) in [6.07, 6.45) is 1.73. The Kier molecular flexibility index (Phi) is 3.52. The van der Waals surface area contributed by atoms with Crippen molar-refractivity contribution in [1.29, 1.82) is 0 Å². The topological polar surface area (TPSA) is 102 Å². The molecular formula is C11H15N7. The van der Waals surface area contributed by atoms with Crippen molar-refractivity contribution >= 4 is 17.6 Å². The van der Waals surface area contributed by atoms with Crippen LogP contribution in [0.15, 0.2) is 18.3 Å². The average molecular weight is 245 g/mol. The second-order valence-corrected chi connectivity index (χ2v) is 3.70. The monoisotopic (exact) mass is 245 g/mol. The Balaban J connectivity index is 2.08. The molecule has 0 aromatic carbocycles. The van der Waals surface area contributed by atoms with Crippen molar-refractivity contribution in [1.82, 2.24) is 19.9 Å². The summed E-state index contributed by atoms with van der Waals surface area (Å²) >= 11 is 0. The Morgan fingerprint density at radius 3 is 2.72 bits per heavy atom. The van der Waals surface area contributed by atoms with Gasteiger partial charge in [0.25, 0.3) is 0 Å². The van der Waals surface area contributed by atoms with E-state index in [4.69, 9.17) is 5.73 Å². The zero-order valence-corrected chi connectivity index (χ0v) is 10.3. The van der Waals surface area contributed by atoms with Crippen LogP contribution in [-0.4, -0.2) is 27.0 Å². The zero-order valence-electron chi connectivity index (χ0n) is 10.3. The molecule has 0 saturated carbocycles. The fraction of sp³-hybridized carbons (Fsp3) is 0.273. The molecule has 0 fully saturated rings. The average Bonchev–Trinajstić information content (AvgIpc) is 2.36. The van der Waals surface area contributed by atoms with Crippen molar-refractivity contribution in [2.24, 2.45) is 0 Å². The standard InChI is InChI=1S/C11H15N7/c1-7-14-4-3-8(16-7)6-15-10-5-9(13-2)17-11(12)18-10/h3-5H,6H2,1-2H3,(H4,12,13,15,17,18). The molecule has 94 valence electrons. The number of rotatable bonds is 4. The number of hydrogen-bond donors (Lipinski definition) is 3. The van der Waals surface area contributed by atoms with Gasteiger partial charge in [-0.15, -0.1) is 0 Å². The maximum absolute atomic E-state index is 5.60. The molecule has 7 nitrogen and oxygen atoms in total. The third-order valence-electron chi connectivity index (χ3n) is 2.28. The van der Waals surface area contributed by atoms with Gasteiger partial charge in [0.15, 0.2) is 0 Å². The van der Waals surface area contributed by atoms with Gasteiger partial charge in [-0.3, -0.25) is 0 Å². The summed E-state index contributed by atoms with van der Waals surface area (Å²) in [5, 5.41) is 6.06. The van der Waals surface area contributed by atoms with Gasteiger partial charge in [0.05, 0.1) is 12.2 Å². The lowest BCUT2D eigenvalue weighted by atomic mass is 10.4. The number of nitrogens with zero attached hydrogens (tertiary/aromatic N) is 4. The summed E-state index contributed by atoms with van der Waals surface area (Å²) in [5.74, 6) is 2.29. The molecule has 0 atom stereocenters. The van der Waals surface area contributed by atoms with E-state index in [0.29, 0.717) is 18.2 Å². The van der Waals surface area contributed by atoms with Crippen LogP contribution in [0, 0.1) is 6.92 Å². The Morgan fingerprint density at radius 1 is 1.22 bits per heavy atom. The predicted octanol–water partition coefficient (Wildman–Crippen LogP) is 0.811. The summed E-state index contributed by atoms with van der Waals surface area (Å²) in [4.78, 5) is 16.4. The van der Waals surface area contributed by atoms with Gasteiger partial charge in [0, 0.05) is 19.3 Å². The summed E-state index contributed by atoms with van der Waals surface area (Å²) in [6, 6.07) is 3.63. The molecule has 0 saturated heterocycles. The van der Waals surface area contributed by atoms with Crippen molar-refractivity contribution in [2.75, 3.05) is 23.4 Å². The van der Waals surface area contributed by atoms with E-state index in [9.17, 15) is 0 Å². The SMILES string of the molecule is CNc1cc(NCc2ccnc(C)n2)nc(N)n1. The fourth-order valence-electron chi connectivity index (χ4n) is 1.47. The van der Waals surface area contributed by atoms with Gasteiger partial charge in [0.2, 0.25) is 5.95 Å². The van der Waals surface area contributed by atoms with Gasteiger partial charge in [-0.25, -0.2) is 9.97 Å². The van der Waals surface area contributed by atoms with E-state index in [1.807, 2.05) is 13.0 Å². The molecule has 7 heteroatoms. The second-order valence-electron chi connectivity index (χ2n) is 3.70. The number of nitrogen functional groups attached to an aromatic ring is 1. The number of hydrogen-bond acceptors (Lipinski definition) is 7. The minimum atomic E-state index is 0.225. The molecule has 0 amide bonds. The first-order chi connectivity index (χ1) is 8.67. The van der Waals surface area contributed by atoms with Gasteiger partial charge in [0.1, 0.15) is 17.5 Å². The number of nitrogens with one attached hydrogen (secondary N) is 2. The molecule has 4 N–H and O–H groups in total. The van der Waals surface area contributed by atoms with Gasteiger partial charge in [-0.1, -0.05) is 0 Å². The highest BCUT2D eigenvalue weighted by molar-refractivity contribution is 5.50. The minimum Gasteiger partial charge on any atom is -0.373 e. The molecule has 0 spiro atoms. The maximum atomic E-state index is 5.60. The largest absolute Gasteiger partial charge is 0.373 e. The fourth-order valence-corrected chi connectivity index (χ4v) is 1.47. The number of anilines is 3. The van der Waals surface area contributed by atoms with Crippen LogP contribution in [0.5, 0.6) is 0 Å². The van der Waals surface area contributed by atoms with Crippen molar-refractivity contribution in [3.05, 3.63) is 29.8 Å². The molecule has 0 bridgehead atoms. The molecule has 0 aliphatic carbocycles. The lowest BCUT2D eigenvalue weighted by Crippen LogP contribution is -2.07. The highest BCUT2D eigenvalue weighted by atomic mass is 15.1. The Hall–Kier alpha value is -2.44. The summed E-state index contributed by atoms with van der Waals surface area (Å²) in [7, 11) is 1.78. The van der Waals surface area contributed by atoms with Crippen molar-refractivity contribution < 1.29 is 0 Å². The number of aromatic nitrogens is 4. The third-order valence-corrected chi connectivity index (χ3v) is 2.28. The first-order valence-corrected chi connectivity index (χ1v) is 5.52. The summed E-state index contributed by atoms with van der Waals surface area (Å²) in [6.45, 7) is 2.41. The molecule has 2 heterocycles. The van der Waals surface area contributed by atoms with E-state index in [2.05, 4.69) is 30.6 Å². The Bertz CT molecular complexity index is 541. The highest BCUT2D eigenvalue weighted by Gasteiger charge is 2.01. The molecule has 2 aromatic heterocycles. The van der Waals surface area contributed by atoms with Gasteiger partial charge in [-0.05, 0) is 13.0 Å². The van der Waals surface area contributed by atoms with E-state index >= 15 is 0 Å². The smallest absolute Gasteiger partial charge is 0.223 e. The van der Waals surface area contributed by atoms with Crippen LogP contribution in [0.4, 0.5) is 17.6 Å². The van der Waals surface area contributed by atoms with Crippen LogP contribution >= 0.6 is 0 Å². The highest BCUT2D eigenvalue weighted by Crippen LogP contribution is 2.12. The molecular weight excluding hydrogens is 230 g/mol. The van der Waals surface area contributed by atoms with Crippen molar-refractivity contribution in [2.45, 2.75) is 13.5 Å². The van der Waals surface area contributed by atoms with Gasteiger partial charge >= 0.3 is 0 Å². The van der Waals surface area contributed by atoms with E-state index in [0.717, 1.165) is 11.5 Å². The molecule has 18 heavy (non-hydrogen) atoms. The summed E-state index contributed by atoms with van der Waals surface area (Å²) < 4.78 is 0. The van der Waals surface area contributed by atoms with Crippen LogP contribution in [0.3, 0.4) is 0 Å². The second kappa shape index (κ2) is 5.26. The molecule has 2 aromatic rings. The lowest BCUT2D eigenvalue weighted by Gasteiger charge is -2.07. The van der Waals surface area contributed by atoms with Crippen LogP contribution in [0.25, 0.3) is 0 Å². The summed E-state index contributed by atoms with van der Waals surface area (Å²) in [5.41, 5.74) is 6.49. The Labute approximate surface area is 105 Å². The quantitative estimate of drug-likeness (QED) is 0.732. The van der Waals surface area contributed by atoms with E-state index in [-0.39, 0.29) is 5.95 Å². The molecule has 0 unspecified atom stereocenters. The Morgan fingerprint density at radius 2 is 2.00 bits per heavy atom. The van der Waals surface area contributed by atoms with Crippen LogP contribution in [0.2, 0.25) is 0 Å². The normalized spacial score (nSPS) is 10.1. The van der Waals surface area contributed by atoms with Crippen molar-refractivity contribution in [3.63, 3.8) is 0 Å².